The number of fused-ring (bicyclic) bond motifs is 9. The maximum Gasteiger partial charge on any atom is 0.0640 e. The molecule has 0 bridgehead atoms. The van der Waals surface area contributed by atoms with E-state index in [0.29, 0.717) is 0 Å². The van der Waals surface area contributed by atoms with Crippen LogP contribution in [-0.2, 0) is 0 Å². The van der Waals surface area contributed by atoms with Gasteiger partial charge in [-0.3, -0.25) is 0 Å². The van der Waals surface area contributed by atoms with Crippen LogP contribution in [0, 0.1) is 0 Å². The molecule has 0 aliphatic heterocycles. The summed E-state index contributed by atoms with van der Waals surface area (Å²) in [5, 5.41) is 7.94. The van der Waals surface area contributed by atoms with Gasteiger partial charge in [-0.2, -0.15) is 0 Å². The average molecular weight is 532 g/mol. The summed E-state index contributed by atoms with van der Waals surface area (Å²) >= 11 is 3.78. The molecule has 0 saturated carbocycles. The molecule has 0 atom stereocenters. The predicted octanol–water partition coefficient (Wildman–Crippen LogP) is 11.2. The first-order valence-electron chi connectivity index (χ1n) is 13.2. The molecule has 9 aromatic rings. The summed E-state index contributed by atoms with van der Waals surface area (Å²) in [5.41, 5.74) is 6.32. The van der Waals surface area contributed by atoms with Crippen molar-refractivity contribution in [3.63, 3.8) is 0 Å². The van der Waals surface area contributed by atoms with Crippen LogP contribution >= 0.6 is 22.7 Å². The van der Waals surface area contributed by atoms with E-state index in [4.69, 9.17) is 0 Å². The van der Waals surface area contributed by atoms with E-state index in [-0.39, 0.29) is 0 Å². The zero-order valence-corrected chi connectivity index (χ0v) is 22.5. The van der Waals surface area contributed by atoms with Crippen molar-refractivity contribution in [3.8, 4) is 16.8 Å². The van der Waals surface area contributed by atoms with Crippen LogP contribution in [0.25, 0.3) is 79.0 Å². The molecule has 6 aromatic carbocycles. The molecule has 3 heterocycles. The maximum absolute atomic E-state index is 2.45. The van der Waals surface area contributed by atoms with Crippen LogP contribution in [0.5, 0.6) is 0 Å². The summed E-state index contributed by atoms with van der Waals surface area (Å²) in [4.78, 5) is 0. The topological polar surface area (TPSA) is 4.93 Å². The fraction of sp³-hybridized carbons (Fsp3) is 0. The van der Waals surface area contributed by atoms with Gasteiger partial charge in [0.2, 0.25) is 0 Å². The monoisotopic (exact) mass is 531 g/mol. The SMILES string of the molecule is c1ccc2c(c1)sc1ccc(-c3cccc4sc5c(-n6c7ccccc7c7ccccc76)cccc5c34)cc12. The molecule has 9 rings (SSSR count). The van der Waals surface area contributed by atoms with Crippen molar-refractivity contribution in [1.29, 1.82) is 0 Å². The van der Waals surface area contributed by atoms with E-state index in [2.05, 4.69) is 132 Å². The summed E-state index contributed by atoms with van der Waals surface area (Å²) in [7, 11) is 0. The quantitative estimate of drug-likeness (QED) is 0.209. The second-order valence-electron chi connectivity index (χ2n) is 10.1. The fourth-order valence-corrected chi connectivity index (χ4v) is 8.64. The van der Waals surface area contributed by atoms with Gasteiger partial charge in [0, 0.05) is 46.4 Å². The Kier molecular flexibility index (Phi) is 4.43. The van der Waals surface area contributed by atoms with Crippen molar-refractivity contribution in [3.05, 3.63) is 127 Å². The Hall–Kier alpha value is -4.44. The maximum atomic E-state index is 2.45. The van der Waals surface area contributed by atoms with Gasteiger partial charge in [0.1, 0.15) is 0 Å². The number of hydrogen-bond acceptors (Lipinski definition) is 2. The number of aromatic nitrogens is 1. The molecule has 0 spiro atoms. The van der Waals surface area contributed by atoms with Crippen LogP contribution in [0.15, 0.2) is 127 Å². The smallest absolute Gasteiger partial charge is 0.0640 e. The van der Waals surface area contributed by atoms with E-state index in [1.807, 2.05) is 22.7 Å². The van der Waals surface area contributed by atoms with Crippen molar-refractivity contribution in [2.45, 2.75) is 0 Å². The molecule has 0 amide bonds. The summed E-state index contributed by atoms with van der Waals surface area (Å²) in [5.74, 6) is 0. The predicted molar refractivity (Wildman–Crippen MR) is 172 cm³/mol. The first-order valence-corrected chi connectivity index (χ1v) is 14.8. The zero-order valence-electron chi connectivity index (χ0n) is 20.9. The van der Waals surface area contributed by atoms with Gasteiger partial charge in [0.15, 0.2) is 0 Å². The third kappa shape index (κ3) is 3.00. The number of thiophene rings is 2. The Balaban J connectivity index is 1.35. The Morgan fingerprint density at radius 2 is 1.08 bits per heavy atom. The molecule has 0 fully saturated rings. The highest BCUT2D eigenvalue weighted by atomic mass is 32.1. The summed E-state index contributed by atoms with van der Waals surface area (Å²) in [6.07, 6.45) is 0. The second kappa shape index (κ2) is 8.03. The van der Waals surface area contributed by atoms with Crippen molar-refractivity contribution < 1.29 is 0 Å². The largest absolute Gasteiger partial charge is 0.308 e. The van der Waals surface area contributed by atoms with Crippen LogP contribution in [0.2, 0.25) is 0 Å². The van der Waals surface area contributed by atoms with Gasteiger partial charge in [0.05, 0.1) is 21.4 Å². The number of benzene rings is 6. The molecule has 0 aliphatic rings. The van der Waals surface area contributed by atoms with E-state index in [9.17, 15) is 0 Å². The Bertz CT molecular complexity index is 2350. The van der Waals surface area contributed by atoms with Crippen LogP contribution in [0.4, 0.5) is 0 Å². The molecule has 1 nitrogen and oxygen atoms in total. The highest BCUT2D eigenvalue weighted by Gasteiger charge is 2.18. The minimum absolute atomic E-state index is 1.25. The highest BCUT2D eigenvalue weighted by molar-refractivity contribution is 7.26. The fourth-order valence-electron chi connectivity index (χ4n) is 6.33. The molecule has 182 valence electrons. The van der Waals surface area contributed by atoms with Gasteiger partial charge in [-0.25, -0.2) is 0 Å². The molecule has 0 N–H and O–H groups in total. The molecule has 0 radical (unpaired) electrons. The minimum atomic E-state index is 1.25. The number of rotatable bonds is 2. The molecule has 0 unspecified atom stereocenters. The summed E-state index contributed by atoms with van der Waals surface area (Å²) in [6.45, 7) is 0. The van der Waals surface area contributed by atoms with E-state index in [0.717, 1.165) is 0 Å². The average Bonchev–Trinajstić information content (AvgIpc) is 3.66. The lowest BCUT2D eigenvalue weighted by molar-refractivity contribution is 1.20. The molecule has 39 heavy (non-hydrogen) atoms. The van der Waals surface area contributed by atoms with Gasteiger partial charge < -0.3 is 4.57 Å². The lowest BCUT2D eigenvalue weighted by Gasteiger charge is -2.10. The molecular formula is C36H21NS2. The molecule has 3 aromatic heterocycles. The van der Waals surface area contributed by atoms with E-state index in [1.165, 1.54) is 79.0 Å². The van der Waals surface area contributed by atoms with E-state index < -0.39 is 0 Å². The number of hydrogen-bond donors (Lipinski definition) is 0. The minimum Gasteiger partial charge on any atom is -0.308 e. The van der Waals surface area contributed by atoms with Gasteiger partial charge in [-0.15, -0.1) is 22.7 Å². The van der Waals surface area contributed by atoms with E-state index >= 15 is 0 Å². The van der Waals surface area contributed by atoms with Crippen molar-refractivity contribution >= 4 is 84.8 Å². The van der Waals surface area contributed by atoms with Gasteiger partial charge in [-0.1, -0.05) is 84.9 Å². The molecular weight excluding hydrogens is 511 g/mol. The lowest BCUT2D eigenvalue weighted by Crippen LogP contribution is -1.93. The number of para-hydroxylation sites is 2. The second-order valence-corrected chi connectivity index (χ2v) is 12.2. The van der Waals surface area contributed by atoms with E-state index in [1.54, 1.807) is 0 Å². The third-order valence-corrected chi connectivity index (χ3v) is 10.4. The summed E-state index contributed by atoms with van der Waals surface area (Å²) < 4.78 is 7.79. The molecule has 3 heteroatoms. The van der Waals surface area contributed by atoms with Crippen LogP contribution in [0.1, 0.15) is 0 Å². The Morgan fingerprint density at radius 1 is 0.436 bits per heavy atom. The number of nitrogens with zero attached hydrogens (tertiary/aromatic N) is 1. The first-order chi connectivity index (χ1) is 19.3. The zero-order chi connectivity index (χ0) is 25.5. The van der Waals surface area contributed by atoms with Gasteiger partial charge >= 0.3 is 0 Å². The van der Waals surface area contributed by atoms with Crippen LogP contribution in [-0.4, -0.2) is 4.57 Å². The van der Waals surface area contributed by atoms with Crippen LogP contribution in [0.3, 0.4) is 0 Å². The van der Waals surface area contributed by atoms with Gasteiger partial charge in [0.25, 0.3) is 0 Å². The molecule has 0 saturated heterocycles. The summed E-state index contributed by atoms with van der Waals surface area (Å²) in [6, 6.07) is 46.8. The standard InChI is InChI=1S/C36H21NS2/c1-4-14-29-24(9-1)25-10-2-5-15-30(25)37(29)31-16-7-13-27-35-23(12-8-18-34(35)39-36(27)31)22-19-20-33-28(21-22)26-11-3-6-17-32(26)38-33/h1-21H. The normalized spacial score (nSPS) is 12.1. The van der Waals surface area contributed by atoms with Crippen molar-refractivity contribution in [2.75, 3.05) is 0 Å². The first kappa shape index (κ1) is 21.5. The Labute approximate surface area is 232 Å². The lowest BCUT2D eigenvalue weighted by atomic mass is 9.98. The Morgan fingerprint density at radius 3 is 1.90 bits per heavy atom. The van der Waals surface area contributed by atoms with Crippen molar-refractivity contribution in [1.82, 2.24) is 4.57 Å². The molecule has 0 aliphatic carbocycles. The van der Waals surface area contributed by atoms with Gasteiger partial charge in [-0.05, 0) is 53.6 Å². The highest BCUT2D eigenvalue weighted by Crippen LogP contribution is 2.45. The van der Waals surface area contributed by atoms with Crippen LogP contribution < -0.4 is 0 Å². The third-order valence-electron chi connectivity index (χ3n) is 8.01. The van der Waals surface area contributed by atoms with Crippen molar-refractivity contribution in [2.24, 2.45) is 0 Å².